The lowest BCUT2D eigenvalue weighted by Gasteiger charge is -2.32. The number of hydrogen-bond donors (Lipinski definition) is 2. The first-order valence-corrected chi connectivity index (χ1v) is 8.11. The number of nitrogens with one attached hydrogen (secondary N) is 2. The second kappa shape index (κ2) is 7.66. The van der Waals surface area contributed by atoms with Gasteiger partial charge in [-0.2, -0.15) is 12.7 Å². The molecule has 0 aromatic rings. The van der Waals surface area contributed by atoms with Crippen molar-refractivity contribution >= 4 is 16.3 Å². The molecule has 8 heteroatoms. The second-order valence-corrected chi connectivity index (χ2v) is 6.15. The van der Waals surface area contributed by atoms with Crippen LogP contribution in [0.2, 0.25) is 0 Å². The zero-order valence-electron chi connectivity index (χ0n) is 11.5. The summed E-state index contributed by atoms with van der Waals surface area (Å²) < 4.78 is 31.7. The Morgan fingerprint density at radius 2 is 2.16 bits per heavy atom. The highest BCUT2D eigenvalue weighted by molar-refractivity contribution is 7.87. The van der Waals surface area contributed by atoms with E-state index in [4.69, 9.17) is 0 Å². The molecule has 1 heterocycles. The lowest BCUT2D eigenvalue weighted by Crippen LogP contribution is -2.52. The van der Waals surface area contributed by atoms with Crippen LogP contribution >= 0.6 is 0 Å². The molecule has 1 aliphatic heterocycles. The van der Waals surface area contributed by atoms with Gasteiger partial charge in [-0.15, -0.1) is 0 Å². The van der Waals surface area contributed by atoms with Gasteiger partial charge in [-0.25, -0.2) is 9.52 Å². The molecule has 1 atom stereocenters. The average molecular weight is 293 g/mol. The Hall–Kier alpha value is -0.860. The average Bonchev–Trinajstić information content (AvgIpc) is 2.36. The molecule has 1 unspecified atom stereocenters. The van der Waals surface area contributed by atoms with Crippen LogP contribution in [0.5, 0.6) is 0 Å². The third-order valence-electron chi connectivity index (χ3n) is 2.89. The van der Waals surface area contributed by atoms with Crippen molar-refractivity contribution < 1.29 is 17.9 Å². The molecule has 1 saturated heterocycles. The van der Waals surface area contributed by atoms with E-state index in [-0.39, 0.29) is 12.6 Å². The van der Waals surface area contributed by atoms with E-state index in [1.807, 2.05) is 4.72 Å². The van der Waals surface area contributed by atoms with Gasteiger partial charge in [0.15, 0.2) is 0 Å². The largest absolute Gasteiger partial charge is 0.449 e. The summed E-state index contributed by atoms with van der Waals surface area (Å²) in [6, 6.07) is 0.146. The van der Waals surface area contributed by atoms with Gasteiger partial charge in [-0.3, -0.25) is 0 Å². The Bertz CT molecular complexity index is 385. The Kier molecular flexibility index (Phi) is 6.53. The zero-order chi connectivity index (χ0) is 14.3. The topological polar surface area (TPSA) is 87.7 Å². The predicted molar refractivity (Wildman–Crippen MR) is 72.0 cm³/mol. The third kappa shape index (κ3) is 5.33. The van der Waals surface area contributed by atoms with E-state index in [9.17, 15) is 13.2 Å². The molecule has 0 aliphatic carbocycles. The van der Waals surface area contributed by atoms with Crippen molar-refractivity contribution in [2.45, 2.75) is 39.2 Å². The van der Waals surface area contributed by atoms with E-state index >= 15 is 0 Å². The Balaban J connectivity index is 2.55. The fourth-order valence-corrected chi connectivity index (χ4v) is 3.15. The van der Waals surface area contributed by atoms with Crippen molar-refractivity contribution in [3.8, 4) is 0 Å². The lowest BCUT2D eigenvalue weighted by molar-refractivity contribution is 0.157. The van der Waals surface area contributed by atoms with Crippen molar-refractivity contribution in [2.24, 2.45) is 0 Å². The van der Waals surface area contributed by atoms with Crippen molar-refractivity contribution in [2.75, 3.05) is 26.2 Å². The molecule has 1 aliphatic rings. The number of carbonyl (C=O) groups excluding carboxylic acids is 1. The minimum atomic E-state index is -3.79. The normalized spacial score (nSPS) is 21.1. The maximum atomic E-state index is 12.0. The molecule has 112 valence electrons. The molecule has 0 bridgehead atoms. The van der Waals surface area contributed by atoms with Gasteiger partial charge in [0.25, 0.3) is 0 Å². The standard InChI is InChI=1S/C11H23N3O4S/c1-3-7-12-10-6-5-8-14(9-10)19(16,17)13-11(15)18-4-2/h10,12H,3-9H2,1-2H3,(H,13,15). The number of hydrogen-bond acceptors (Lipinski definition) is 5. The third-order valence-corrected chi connectivity index (χ3v) is 4.33. The Morgan fingerprint density at radius 3 is 2.79 bits per heavy atom. The highest BCUT2D eigenvalue weighted by atomic mass is 32.2. The van der Waals surface area contributed by atoms with Crippen LogP contribution in [0, 0.1) is 0 Å². The number of carbonyl (C=O) groups is 1. The molecule has 19 heavy (non-hydrogen) atoms. The summed E-state index contributed by atoms with van der Waals surface area (Å²) in [4.78, 5) is 11.2. The summed E-state index contributed by atoms with van der Waals surface area (Å²) in [5, 5.41) is 3.30. The smallest absolute Gasteiger partial charge is 0.421 e. The van der Waals surface area contributed by atoms with E-state index in [0.29, 0.717) is 13.1 Å². The van der Waals surface area contributed by atoms with E-state index in [2.05, 4.69) is 17.0 Å². The molecule has 0 saturated carbocycles. The van der Waals surface area contributed by atoms with Crippen LogP contribution in [0.15, 0.2) is 0 Å². The van der Waals surface area contributed by atoms with Crippen LogP contribution in [-0.4, -0.2) is 51.1 Å². The van der Waals surface area contributed by atoms with Gasteiger partial charge in [-0.1, -0.05) is 6.92 Å². The lowest BCUT2D eigenvalue weighted by atomic mass is 10.1. The fourth-order valence-electron chi connectivity index (χ4n) is 2.01. The van der Waals surface area contributed by atoms with Crippen molar-refractivity contribution in [3.05, 3.63) is 0 Å². The van der Waals surface area contributed by atoms with Crippen LogP contribution < -0.4 is 10.0 Å². The minimum absolute atomic E-state index is 0.141. The van der Waals surface area contributed by atoms with E-state index in [1.54, 1.807) is 6.92 Å². The van der Waals surface area contributed by atoms with Crippen LogP contribution in [0.4, 0.5) is 4.79 Å². The number of piperidine rings is 1. The van der Waals surface area contributed by atoms with Gasteiger partial charge < -0.3 is 10.1 Å². The van der Waals surface area contributed by atoms with Gasteiger partial charge in [0.2, 0.25) is 0 Å². The number of nitrogens with zero attached hydrogens (tertiary/aromatic N) is 1. The molecule has 1 fully saturated rings. The van der Waals surface area contributed by atoms with Gasteiger partial charge in [0.1, 0.15) is 0 Å². The molecular formula is C11H23N3O4S. The molecule has 1 rings (SSSR count). The fraction of sp³-hybridized carbons (Fsp3) is 0.909. The maximum absolute atomic E-state index is 12.0. The summed E-state index contributed by atoms with van der Waals surface area (Å²) in [5.41, 5.74) is 0. The molecule has 7 nitrogen and oxygen atoms in total. The van der Waals surface area contributed by atoms with Crippen LogP contribution in [0.1, 0.15) is 33.1 Å². The number of amides is 1. The van der Waals surface area contributed by atoms with E-state index in [0.717, 1.165) is 25.8 Å². The van der Waals surface area contributed by atoms with Gasteiger partial charge >= 0.3 is 16.3 Å². The highest BCUT2D eigenvalue weighted by Gasteiger charge is 2.30. The molecule has 2 N–H and O–H groups in total. The van der Waals surface area contributed by atoms with Crippen LogP contribution in [0.25, 0.3) is 0 Å². The van der Waals surface area contributed by atoms with Gasteiger partial charge in [0.05, 0.1) is 6.61 Å². The molecule has 0 aromatic heterocycles. The monoisotopic (exact) mass is 293 g/mol. The molecular weight excluding hydrogens is 270 g/mol. The SMILES string of the molecule is CCCNC1CCCN(S(=O)(=O)NC(=O)OCC)C1. The summed E-state index contributed by atoms with van der Waals surface area (Å²) in [7, 11) is -3.79. The first-order chi connectivity index (χ1) is 8.99. The zero-order valence-corrected chi connectivity index (χ0v) is 12.3. The Morgan fingerprint density at radius 1 is 1.42 bits per heavy atom. The van der Waals surface area contributed by atoms with Crippen LogP contribution in [0.3, 0.4) is 0 Å². The first kappa shape index (κ1) is 16.2. The van der Waals surface area contributed by atoms with Crippen molar-refractivity contribution in [3.63, 3.8) is 0 Å². The highest BCUT2D eigenvalue weighted by Crippen LogP contribution is 2.13. The minimum Gasteiger partial charge on any atom is -0.449 e. The molecule has 0 spiro atoms. The van der Waals surface area contributed by atoms with Gasteiger partial charge in [0, 0.05) is 19.1 Å². The summed E-state index contributed by atoms with van der Waals surface area (Å²) in [6.07, 6.45) is 1.81. The van der Waals surface area contributed by atoms with Crippen molar-refractivity contribution in [1.82, 2.24) is 14.3 Å². The van der Waals surface area contributed by atoms with E-state index < -0.39 is 16.3 Å². The molecule has 0 aromatic carbocycles. The van der Waals surface area contributed by atoms with E-state index in [1.165, 1.54) is 4.31 Å². The number of ether oxygens (including phenoxy) is 1. The molecule has 0 radical (unpaired) electrons. The van der Waals surface area contributed by atoms with Gasteiger partial charge in [-0.05, 0) is 32.7 Å². The Labute approximate surface area is 114 Å². The quantitative estimate of drug-likeness (QED) is 0.742. The van der Waals surface area contributed by atoms with Crippen molar-refractivity contribution in [1.29, 1.82) is 0 Å². The maximum Gasteiger partial charge on any atom is 0.421 e. The summed E-state index contributed by atoms with van der Waals surface area (Å²) in [5.74, 6) is 0. The number of rotatable bonds is 6. The molecule has 1 amide bonds. The summed E-state index contributed by atoms with van der Waals surface area (Å²) in [6.45, 7) is 5.50. The predicted octanol–water partition coefficient (Wildman–Crippen LogP) is 0.441. The second-order valence-electron chi connectivity index (χ2n) is 4.48. The van der Waals surface area contributed by atoms with Crippen LogP contribution in [-0.2, 0) is 14.9 Å². The summed E-state index contributed by atoms with van der Waals surface area (Å²) >= 11 is 0. The first-order valence-electron chi connectivity index (χ1n) is 6.67.